The zero-order valence-electron chi connectivity index (χ0n) is 15.4. The Kier molecular flexibility index (Phi) is 12.9. The third-order valence-electron chi connectivity index (χ3n) is 3.83. The number of alkyl halides is 3. The molecule has 0 fully saturated rings. The van der Waals surface area contributed by atoms with Crippen LogP contribution in [0.2, 0.25) is 0 Å². The van der Waals surface area contributed by atoms with E-state index >= 15 is 0 Å². The number of hydrogen-bond acceptors (Lipinski definition) is 2. The van der Waals surface area contributed by atoms with Crippen molar-refractivity contribution < 1.29 is 27.6 Å². The van der Waals surface area contributed by atoms with Crippen LogP contribution in [0.1, 0.15) is 71.1 Å². The molecule has 0 saturated heterocycles. The third kappa shape index (κ3) is 14.5. The molecule has 1 aromatic rings. The maximum Gasteiger partial charge on any atom is 0.430 e. The Morgan fingerprint density at radius 1 is 1.00 bits per heavy atom. The molecule has 25 heavy (non-hydrogen) atoms. The van der Waals surface area contributed by atoms with Gasteiger partial charge < -0.3 is 9.90 Å². The summed E-state index contributed by atoms with van der Waals surface area (Å²) in [5.41, 5.74) is 0. The predicted molar refractivity (Wildman–Crippen MR) is 88.5 cm³/mol. The highest BCUT2D eigenvalue weighted by Crippen LogP contribution is 2.12. The van der Waals surface area contributed by atoms with Crippen LogP contribution in [-0.2, 0) is 18.4 Å². The average molecular weight is 364 g/mol. The van der Waals surface area contributed by atoms with E-state index in [0.29, 0.717) is 0 Å². The molecule has 0 aliphatic carbocycles. The van der Waals surface area contributed by atoms with Crippen molar-refractivity contribution in [2.45, 2.75) is 83.9 Å². The fourth-order valence-corrected chi connectivity index (χ4v) is 2.42. The number of aliphatic carboxylic acids is 1. The lowest BCUT2D eigenvalue weighted by molar-refractivity contribution is -0.671. The smallest absolute Gasteiger partial charge is 0.430 e. The third-order valence-corrected chi connectivity index (χ3v) is 3.83. The zero-order valence-corrected chi connectivity index (χ0v) is 15.4. The summed E-state index contributed by atoms with van der Waals surface area (Å²) in [6.07, 6.45) is 15.4. The van der Waals surface area contributed by atoms with Gasteiger partial charge in [0.05, 0.1) is 13.6 Å². The first-order chi connectivity index (χ1) is 11.8. The number of hydrogen-bond donors (Lipinski definition) is 0. The Labute approximate surface area is 148 Å². The van der Waals surface area contributed by atoms with Gasteiger partial charge in [0.1, 0.15) is 18.4 Å². The van der Waals surface area contributed by atoms with E-state index in [-0.39, 0.29) is 0 Å². The van der Waals surface area contributed by atoms with Crippen LogP contribution in [0.5, 0.6) is 0 Å². The first kappa shape index (κ1) is 23.5. The van der Waals surface area contributed by atoms with Crippen LogP contribution in [0.3, 0.4) is 0 Å². The SMILES string of the molecule is CCCCCCCCCCCCn1cc[n+](C)c1.O=C([O-])C(F)(F)F. The van der Waals surface area contributed by atoms with Crippen LogP contribution in [0.25, 0.3) is 0 Å². The molecule has 0 saturated carbocycles. The van der Waals surface area contributed by atoms with Crippen LogP contribution in [0, 0.1) is 0 Å². The number of aryl methyl sites for hydroxylation is 2. The summed E-state index contributed by atoms with van der Waals surface area (Å²) in [7, 11) is 2.08. The second-order valence-corrected chi connectivity index (χ2v) is 6.28. The number of unbranched alkanes of at least 4 members (excludes halogenated alkanes) is 9. The van der Waals surface area contributed by atoms with Crippen molar-refractivity contribution in [3.8, 4) is 0 Å². The predicted octanol–water partition coefficient (Wildman–Crippen LogP) is 3.53. The molecule has 0 aliphatic rings. The molecular formula is C18H31F3N2O2. The minimum absolute atomic E-state index is 1.18. The Morgan fingerprint density at radius 2 is 1.44 bits per heavy atom. The lowest BCUT2D eigenvalue weighted by Crippen LogP contribution is -2.37. The van der Waals surface area contributed by atoms with Gasteiger partial charge in [-0.3, -0.25) is 0 Å². The fraction of sp³-hybridized carbons (Fsp3) is 0.778. The molecule has 0 aliphatic heterocycles. The van der Waals surface area contributed by atoms with E-state index in [0.717, 1.165) is 0 Å². The summed E-state index contributed by atoms with van der Waals surface area (Å²) in [5.74, 6) is -3.01. The molecule has 146 valence electrons. The van der Waals surface area contributed by atoms with Crippen LogP contribution in [0.4, 0.5) is 13.2 Å². The van der Waals surface area contributed by atoms with Crippen LogP contribution < -0.4 is 9.67 Å². The van der Waals surface area contributed by atoms with E-state index < -0.39 is 12.1 Å². The van der Waals surface area contributed by atoms with Crippen molar-refractivity contribution in [1.82, 2.24) is 4.57 Å². The Bertz CT molecular complexity index is 459. The lowest BCUT2D eigenvalue weighted by Gasteiger charge is -2.03. The lowest BCUT2D eigenvalue weighted by atomic mass is 10.1. The second kappa shape index (κ2) is 13.7. The van der Waals surface area contributed by atoms with Gasteiger partial charge in [0.15, 0.2) is 0 Å². The fourth-order valence-electron chi connectivity index (χ4n) is 2.42. The molecule has 0 unspecified atom stereocenters. The van der Waals surface area contributed by atoms with Gasteiger partial charge in [-0.1, -0.05) is 58.3 Å². The summed E-state index contributed by atoms with van der Waals surface area (Å²) < 4.78 is 35.9. The number of carboxylic acids is 1. The Balaban J connectivity index is 0.000000697. The minimum atomic E-state index is -5.19. The summed E-state index contributed by atoms with van der Waals surface area (Å²) in [6.45, 7) is 3.46. The van der Waals surface area contributed by atoms with Gasteiger partial charge in [-0.2, -0.15) is 13.2 Å². The molecule has 0 bridgehead atoms. The first-order valence-corrected chi connectivity index (χ1v) is 9.06. The molecule has 0 atom stereocenters. The summed E-state index contributed by atoms with van der Waals surface area (Å²) in [6, 6.07) is 0. The Morgan fingerprint density at radius 3 is 1.80 bits per heavy atom. The van der Waals surface area contributed by atoms with Crippen molar-refractivity contribution >= 4 is 5.97 Å². The van der Waals surface area contributed by atoms with Crippen molar-refractivity contribution in [3.05, 3.63) is 18.7 Å². The molecule has 7 heteroatoms. The molecule has 1 rings (SSSR count). The van der Waals surface area contributed by atoms with Crippen molar-refractivity contribution in [1.29, 1.82) is 0 Å². The second-order valence-electron chi connectivity index (χ2n) is 6.28. The number of halogens is 3. The van der Waals surface area contributed by atoms with E-state index in [1.54, 1.807) is 0 Å². The minimum Gasteiger partial charge on any atom is -0.542 e. The maximum atomic E-state index is 10.5. The van der Waals surface area contributed by atoms with Gasteiger partial charge in [0.2, 0.25) is 6.33 Å². The van der Waals surface area contributed by atoms with Crippen LogP contribution in [0.15, 0.2) is 18.7 Å². The van der Waals surface area contributed by atoms with Crippen molar-refractivity contribution in [2.75, 3.05) is 0 Å². The highest BCUT2D eigenvalue weighted by atomic mass is 19.4. The van der Waals surface area contributed by atoms with Crippen LogP contribution >= 0.6 is 0 Å². The Hall–Kier alpha value is -1.53. The average Bonchev–Trinajstić information content (AvgIpc) is 2.94. The van der Waals surface area contributed by atoms with Crippen LogP contribution in [-0.4, -0.2) is 16.7 Å². The first-order valence-electron chi connectivity index (χ1n) is 9.06. The van der Waals surface area contributed by atoms with Gasteiger partial charge in [-0.25, -0.2) is 9.13 Å². The van der Waals surface area contributed by atoms with E-state index in [2.05, 4.69) is 41.8 Å². The van der Waals surface area contributed by atoms with E-state index in [1.165, 1.54) is 70.8 Å². The summed E-state index contributed by atoms with van der Waals surface area (Å²) in [5, 5.41) is 8.78. The molecular weight excluding hydrogens is 333 g/mol. The van der Waals surface area contributed by atoms with E-state index in [4.69, 9.17) is 9.90 Å². The maximum absolute atomic E-state index is 10.5. The number of nitrogens with zero attached hydrogens (tertiary/aromatic N) is 2. The monoisotopic (exact) mass is 364 g/mol. The molecule has 0 amide bonds. The molecule has 1 heterocycles. The summed E-state index contributed by atoms with van der Waals surface area (Å²) in [4.78, 5) is 8.78. The van der Waals surface area contributed by atoms with Gasteiger partial charge in [0.25, 0.3) is 0 Å². The molecule has 0 aromatic carbocycles. The molecule has 0 radical (unpaired) electrons. The molecule has 1 aromatic heterocycles. The van der Waals surface area contributed by atoms with Gasteiger partial charge in [-0.15, -0.1) is 0 Å². The number of carboxylic acid groups (broad SMARTS) is 1. The van der Waals surface area contributed by atoms with Gasteiger partial charge in [0, 0.05) is 0 Å². The van der Waals surface area contributed by atoms with E-state index in [1.807, 2.05) is 0 Å². The molecule has 0 spiro atoms. The van der Waals surface area contributed by atoms with Gasteiger partial charge in [-0.05, 0) is 12.8 Å². The number of rotatable bonds is 11. The van der Waals surface area contributed by atoms with E-state index in [9.17, 15) is 13.2 Å². The number of aromatic nitrogens is 2. The quantitative estimate of drug-likeness (QED) is 0.445. The zero-order chi connectivity index (χ0) is 19.1. The standard InChI is InChI=1S/C16H31N2.C2HF3O2/c1-3-4-5-6-7-8-9-10-11-12-13-18-15-14-17(2)16-18;3-2(4,5)1(6)7/h14-16H,3-13H2,1-2H3;(H,6,7)/q+1;/p-1. The summed E-state index contributed by atoms with van der Waals surface area (Å²) >= 11 is 0. The number of imidazole rings is 1. The molecule has 0 N–H and O–H groups in total. The highest BCUT2D eigenvalue weighted by Gasteiger charge is 2.28. The van der Waals surface area contributed by atoms with Crippen molar-refractivity contribution in [2.24, 2.45) is 7.05 Å². The topological polar surface area (TPSA) is 48.9 Å². The number of carbonyl (C=O) groups excluding carboxylic acids is 1. The highest BCUT2D eigenvalue weighted by molar-refractivity contribution is 5.70. The van der Waals surface area contributed by atoms with Gasteiger partial charge >= 0.3 is 6.18 Å². The normalized spacial score (nSPS) is 11.1. The van der Waals surface area contributed by atoms with Crippen molar-refractivity contribution in [3.63, 3.8) is 0 Å². The largest absolute Gasteiger partial charge is 0.542 e. The number of carbonyl (C=O) groups is 1. The molecule has 4 nitrogen and oxygen atoms in total.